The molecule has 3 amide bonds. The summed E-state index contributed by atoms with van der Waals surface area (Å²) < 4.78 is 10.1. The fourth-order valence-corrected chi connectivity index (χ4v) is 3.97. The lowest BCUT2D eigenvalue weighted by Gasteiger charge is -2.36. The number of hydrogen-bond acceptors (Lipinski definition) is 13. The lowest BCUT2D eigenvalue weighted by Crippen LogP contribution is -2.71. The molecule has 0 radical (unpaired) electrons. The van der Waals surface area contributed by atoms with Crippen LogP contribution in [-0.4, -0.2) is 75.5 Å². The number of nitro benzene ring substituents is 1. The highest BCUT2D eigenvalue weighted by molar-refractivity contribution is 7.14. The molecule has 1 saturated heterocycles. The van der Waals surface area contributed by atoms with Crippen molar-refractivity contribution in [1.82, 2.24) is 15.6 Å². The molecular formula is C24H25ClN6O10S. The number of carbonyl (C=O) groups is 5. The highest BCUT2D eigenvalue weighted by Crippen LogP contribution is 2.20. The van der Waals surface area contributed by atoms with Crippen molar-refractivity contribution in [1.29, 1.82) is 0 Å². The zero-order valence-electron chi connectivity index (χ0n) is 22.4. The summed E-state index contributed by atoms with van der Waals surface area (Å²) in [5.74, 6) is -3.79. The molecule has 16 nitrogen and oxygen atoms in total. The maximum absolute atomic E-state index is 13.2. The second-order valence-electron chi connectivity index (χ2n) is 9.13. The van der Waals surface area contributed by atoms with Crippen molar-refractivity contribution in [3.8, 4) is 0 Å². The summed E-state index contributed by atoms with van der Waals surface area (Å²) >= 11 is 6.45. The number of benzene rings is 1. The number of amides is 3. The lowest BCUT2D eigenvalue weighted by molar-refractivity contribution is -0.384. The average molecular weight is 625 g/mol. The molecule has 0 spiro atoms. The fraction of sp³-hybridized carbons (Fsp3) is 0.375. The number of oxime groups is 1. The molecule has 2 aromatic rings. The molecule has 18 heteroatoms. The molecule has 2 heterocycles. The molecule has 1 fully saturated rings. The Labute approximate surface area is 246 Å². The van der Waals surface area contributed by atoms with Crippen molar-refractivity contribution >= 4 is 69.1 Å². The molecule has 1 aliphatic rings. The standard InChI is InChI=1S/C24H25ClN6O10S/c1-12(32)39-10-15-18(20(34)26-15)29-21(35)19(16-11-42-23(27-16)28-17(33)8-25)30-41-24(2,3)22(36)40-9-13-4-6-14(7-5-13)31(37)38/h4-7,11,15,18H,8-10H2,1-3H3,(H,26,34)(H,29,35)(H,27,28,33)/t15-,18+/m1/s1. The number of thiazole rings is 1. The molecule has 0 unspecified atom stereocenters. The summed E-state index contributed by atoms with van der Waals surface area (Å²) in [7, 11) is 0. The molecule has 3 rings (SSSR count). The SMILES string of the molecule is CC(=O)OC[C@H]1NC(=O)[C@H]1NC(=O)C(=NOC(C)(C)C(=O)OCc1ccc([N+](=O)[O-])cc1)c1csc(NC(=O)CCl)n1. The maximum atomic E-state index is 13.2. The summed E-state index contributed by atoms with van der Waals surface area (Å²) in [4.78, 5) is 80.6. The van der Waals surface area contributed by atoms with Crippen LogP contribution in [0.25, 0.3) is 0 Å². The number of nitrogens with zero attached hydrogens (tertiary/aromatic N) is 3. The van der Waals surface area contributed by atoms with Crippen molar-refractivity contribution < 1.29 is 43.2 Å². The third kappa shape index (κ3) is 8.43. The highest BCUT2D eigenvalue weighted by atomic mass is 35.5. The predicted octanol–water partition coefficient (Wildman–Crippen LogP) is 1.02. The molecule has 1 aliphatic heterocycles. The van der Waals surface area contributed by atoms with E-state index in [1.807, 2.05) is 0 Å². The van der Waals surface area contributed by atoms with Gasteiger partial charge in [0, 0.05) is 24.4 Å². The number of alkyl halides is 1. The first kappa shape index (κ1) is 31.9. The number of β-lactam (4-membered cyclic amide) rings is 1. The van der Waals surface area contributed by atoms with E-state index in [1.54, 1.807) is 0 Å². The molecule has 0 bridgehead atoms. The Bertz CT molecular complexity index is 1410. The first-order chi connectivity index (χ1) is 19.8. The number of halogens is 1. The van der Waals surface area contributed by atoms with Crippen LogP contribution in [-0.2, 0) is 44.9 Å². The second kappa shape index (κ2) is 13.8. The average Bonchev–Trinajstić information content (AvgIpc) is 3.40. The number of nitro groups is 1. The van der Waals surface area contributed by atoms with Crippen LogP contribution in [0.5, 0.6) is 0 Å². The molecule has 42 heavy (non-hydrogen) atoms. The first-order valence-electron chi connectivity index (χ1n) is 12.0. The van der Waals surface area contributed by atoms with Crippen LogP contribution < -0.4 is 16.0 Å². The number of aromatic nitrogens is 1. The molecule has 3 N–H and O–H groups in total. The normalized spacial score (nSPS) is 16.4. The van der Waals surface area contributed by atoms with E-state index in [0.717, 1.165) is 11.3 Å². The van der Waals surface area contributed by atoms with Gasteiger partial charge in [0.15, 0.2) is 10.8 Å². The van der Waals surface area contributed by atoms with Gasteiger partial charge in [0.1, 0.15) is 30.8 Å². The number of nitrogens with one attached hydrogen (secondary N) is 3. The van der Waals surface area contributed by atoms with E-state index in [2.05, 4.69) is 26.1 Å². The van der Waals surface area contributed by atoms with Crippen molar-refractivity contribution in [3.05, 3.63) is 51.0 Å². The smallest absolute Gasteiger partial charge is 0.353 e. The predicted molar refractivity (Wildman–Crippen MR) is 147 cm³/mol. The largest absolute Gasteiger partial charge is 0.464 e. The van der Waals surface area contributed by atoms with E-state index in [1.165, 1.54) is 50.4 Å². The number of rotatable bonds is 13. The van der Waals surface area contributed by atoms with Gasteiger partial charge in [-0.2, -0.15) is 0 Å². The number of hydrogen-bond donors (Lipinski definition) is 3. The minimum absolute atomic E-state index is 0.0614. The van der Waals surface area contributed by atoms with E-state index in [0.29, 0.717) is 5.56 Å². The van der Waals surface area contributed by atoms with Gasteiger partial charge in [-0.05, 0) is 31.5 Å². The Morgan fingerprint density at radius 3 is 2.50 bits per heavy atom. The summed E-state index contributed by atoms with van der Waals surface area (Å²) in [5, 5.41) is 23.5. The monoisotopic (exact) mass is 624 g/mol. The van der Waals surface area contributed by atoms with E-state index < -0.39 is 58.0 Å². The lowest BCUT2D eigenvalue weighted by atomic mass is 9.99. The number of non-ortho nitro benzene ring substituents is 1. The summed E-state index contributed by atoms with van der Waals surface area (Å²) in [6.07, 6.45) is 0. The van der Waals surface area contributed by atoms with Gasteiger partial charge in [-0.15, -0.1) is 22.9 Å². The van der Waals surface area contributed by atoms with Crippen molar-refractivity contribution in [2.75, 3.05) is 17.8 Å². The number of ether oxygens (including phenoxy) is 2. The quantitative estimate of drug-likeness (QED) is 0.0713. The van der Waals surface area contributed by atoms with E-state index in [-0.39, 0.29) is 35.6 Å². The van der Waals surface area contributed by atoms with E-state index >= 15 is 0 Å². The summed E-state index contributed by atoms with van der Waals surface area (Å²) in [6, 6.07) is 3.60. The molecule has 0 saturated carbocycles. The maximum Gasteiger partial charge on any atom is 0.353 e. The van der Waals surface area contributed by atoms with Crippen LogP contribution in [0, 0.1) is 10.1 Å². The molecule has 1 aromatic carbocycles. The van der Waals surface area contributed by atoms with Gasteiger partial charge in [0.05, 0.1) is 11.0 Å². The van der Waals surface area contributed by atoms with Crippen molar-refractivity contribution in [3.63, 3.8) is 0 Å². The minimum Gasteiger partial charge on any atom is -0.464 e. The highest BCUT2D eigenvalue weighted by Gasteiger charge is 2.42. The molecule has 2 atom stereocenters. The Kier molecular flexibility index (Phi) is 10.5. The van der Waals surface area contributed by atoms with Crippen molar-refractivity contribution in [2.45, 2.75) is 45.1 Å². The van der Waals surface area contributed by atoms with Gasteiger partial charge < -0.3 is 30.3 Å². The third-order valence-electron chi connectivity index (χ3n) is 5.47. The van der Waals surface area contributed by atoms with Crippen LogP contribution in [0.1, 0.15) is 32.0 Å². The third-order valence-corrected chi connectivity index (χ3v) is 6.47. The topological polar surface area (TPSA) is 218 Å². The Morgan fingerprint density at radius 2 is 1.90 bits per heavy atom. The Morgan fingerprint density at radius 1 is 1.21 bits per heavy atom. The number of carbonyl (C=O) groups excluding carboxylic acids is 5. The van der Waals surface area contributed by atoms with Gasteiger partial charge in [0.25, 0.3) is 11.6 Å². The fourth-order valence-electron chi connectivity index (χ4n) is 3.19. The zero-order valence-corrected chi connectivity index (χ0v) is 23.9. The van der Waals surface area contributed by atoms with Gasteiger partial charge in [0.2, 0.25) is 17.4 Å². The van der Waals surface area contributed by atoms with E-state index in [9.17, 15) is 34.1 Å². The second-order valence-corrected chi connectivity index (χ2v) is 10.3. The number of anilines is 1. The van der Waals surface area contributed by atoms with Gasteiger partial charge >= 0.3 is 11.9 Å². The van der Waals surface area contributed by atoms with Gasteiger partial charge in [-0.25, -0.2) is 9.78 Å². The zero-order chi connectivity index (χ0) is 31.0. The van der Waals surface area contributed by atoms with Crippen LogP contribution >= 0.6 is 22.9 Å². The van der Waals surface area contributed by atoms with Crippen LogP contribution in [0.2, 0.25) is 0 Å². The number of esters is 2. The van der Waals surface area contributed by atoms with E-state index in [4.69, 9.17) is 25.9 Å². The van der Waals surface area contributed by atoms with Crippen LogP contribution in [0.15, 0.2) is 34.8 Å². The van der Waals surface area contributed by atoms with Gasteiger partial charge in [-0.1, -0.05) is 5.16 Å². The summed E-state index contributed by atoms with van der Waals surface area (Å²) in [6.45, 7) is 3.43. The Hall–Kier alpha value is -4.64. The summed E-state index contributed by atoms with van der Waals surface area (Å²) in [5.41, 5.74) is -1.89. The first-order valence-corrected chi connectivity index (χ1v) is 13.4. The van der Waals surface area contributed by atoms with Crippen LogP contribution in [0.3, 0.4) is 0 Å². The Balaban J connectivity index is 1.76. The molecule has 0 aliphatic carbocycles. The molecule has 1 aromatic heterocycles. The van der Waals surface area contributed by atoms with Crippen LogP contribution in [0.4, 0.5) is 10.8 Å². The molecular weight excluding hydrogens is 600 g/mol. The van der Waals surface area contributed by atoms with Crippen molar-refractivity contribution in [2.24, 2.45) is 5.16 Å². The molecule has 224 valence electrons. The minimum atomic E-state index is -1.73. The van der Waals surface area contributed by atoms with Gasteiger partial charge in [-0.3, -0.25) is 29.3 Å².